The van der Waals surface area contributed by atoms with Crippen LogP contribution in [0.25, 0.3) is 0 Å². The van der Waals surface area contributed by atoms with Crippen molar-refractivity contribution in [3.05, 3.63) is 0 Å². The maximum absolute atomic E-state index is 9.93. The Bertz CT molecular complexity index is 139. The number of rotatable bonds is 6. The van der Waals surface area contributed by atoms with Crippen LogP contribution in [0, 0.1) is 0 Å². The third-order valence-corrected chi connectivity index (χ3v) is 3.04. The summed E-state index contributed by atoms with van der Waals surface area (Å²) in [6.45, 7) is 2.21. The van der Waals surface area contributed by atoms with E-state index >= 15 is 0 Å². The van der Waals surface area contributed by atoms with Gasteiger partial charge in [0.05, 0.1) is 11.7 Å². The van der Waals surface area contributed by atoms with Crippen molar-refractivity contribution < 1.29 is 9.84 Å². The van der Waals surface area contributed by atoms with E-state index in [9.17, 15) is 5.11 Å². The predicted molar refractivity (Wildman–Crippen MR) is 53.7 cm³/mol. The van der Waals surface area contributed by atoms with Crippen LogP contribution in [-0.2, 0) is 4.74 Å². The van der Waals surface area contributed by atoms with Gasteiger partial charge in [-0.25, -0.2) is 0 Å². The molecule has 0 spiro atoms. The third kappa shape index (κ3) is 3.28. The fourth-order valence-electron chi connectivity index (χ4n) is 2.04. The van der Waals surface area contributed by atoms with Gasteiger partial charge in [-0.3, -0.25) is 0 Å². The summed E-state index contributed by atoms with van der Waals surface area (Å²) in [6.07, 6.45) is 7.95. The molecule has 0 unspecified atom stereocenters. The van der Waals surface area contributed by atoms with Gasteiger partial charge in [-0.1, -0.05) is 32.6 Å². The number of ether oxygens (including phenoxy) is 1. The molecule has 0 aromatic rings. The molecule has 1 saturated carbocycles. The van der Waals surface area contributed by atoms with Crippen molar-refractivity contribution in [3.63, 3.8) is 0 Å². The first-order valence-corrected chi connectivity index (χ1v) is 5.45. The molecule has 1 fully saturated rings. The van der Waals surface area contributed by atoms with Crippen LogP contribution in [0.4, 0.5) is 0 Å². The monoisotopic (exact) mass is 186 g/mol. The van der Waals surface area contributed by atoms with Crippen molar-refractivity contribution in [3.8, 4) is 0 Å². The number of hydrogen-bond acceptors (Lipinski definition) is 2. The second-order valence-corrected chi connectivity index (χ2v) is 4.30. The quantitative estimate of drug-likeness (QED) is 0.646. The molecule has 0 aromatic carbocycles. The van der Waals surface area contributed by atoms with E-state index in [0.717, 1.165) is 19.3 Å². The molecule has 0 amide bonds. The van der Waals surface area contributed by atoms with Crippen molar-refractivity contribution >= 4 is 0 Å². The SMILES string of the molecule is CCCCCCC1(O)CC(OC)C1. The second kappa shape index (κ2) is 4.97. The Hall–Kier alpha value is -0.0800. The van der Waals surface area contributed by atoms with Crippen LogP contribution in [0.1, 0.15) is 51.9 Å². The third-order valence-electron chi connectivity index (χ3n) is 3.04. The maximum atomic E-state index is 9.93. The minimum atomic E-state index is -0.381. The minimum Gasteiger partial charge on any atom is -0.390 e. The highest BCUT2D eigenvalue weighted by molar-refractivity contribution is 4.94. The van der Waals surface area contributed by atoms with E-state index in [4.69, 9.17) is 4.74 Å². The molecule has 1 aliphatic rings. The lowest BCUT2D eigenvalue weighted by Crippen LogP contribution is -2.47. The average molecular weight is 186 g/mol. The van der Waals surface area contributed by atoms with Gasteiger partial charge < -0.3 is 9.84 Å². The normalized spacial score (nSPS) is 33.0. The van der Waals surface area contributed by atoms with Crippen LogP contribution < -0.4 is 0 Å². The van der Waals surface area contributed by atoms with Gasteiger partial charge >= 0.3 is 0 Å². The van der Waals surface area contributed by atoms with Crippen molar-refractivity contribution in [2.24, 2.45) is 0 Å². The highest BCUT2D eigenvalue weighted by atomic mass is 16.5. The van der Waals surface area contributed by atoms with E-state index in [2.05, 4.69) is 6.92 Å². The number of aliphatic hydroxyl groups is 1. The van der Waals surface area contributed by atoms with Gasteiger partial charge in [-0.05, 0) is 6.42 Å². The smallest absolute Gasteiger partial charge is 0.0697 e. The van der Waals surface area contributed by atoms with E-state index in [1.165, 1.54) is 25.7 Å². The van der Waals surface area contributed by atoms with Crippen LogP contribution in [0.5, 0.6) is 0 Å². The molecule has 0 bridgehead atoms. The van der Waals surface area contributed by atoms with E-state index in [1.807, 2.05) is 0 Å². The molecule has 1 rings (SSSR count). The molecular formula is C11H22O2. The molecule has 0 radical (unpaired) electrons. The van der Waals surface area contributed by atoms with E-state index in [-0.39, 0.29) is 5.60 Å². The summed E-state index contributed by atoms with van der Waals surface area (Å²) in [5, 5.41) is 9.93. The zero-order valence-corrected chi connectivity index (χ0v) is 8.88. The van der Waals surface area contributed by atoms with Gasteiger partial charge in [-0.2, -0.15) is 0 Å². The molecule has 0 saturated heterocycles. The number of methoxy groups -OCH3 is 1. The lowest BCUT2D eigenvalue weighted by molar-refractivity contribution is -0.131. The summed E-state index contributed by atoms with van der Waals surface area (Å²) in [5.41, 5.74) is -0.381. The minimum absolute atomic E-state index is 0.316. The van der Waals surface area contributed by atoms with Gasteiger partial charge in [0.25, 0.3) is 0 Å². The fraction of sp³-hybridized carbons (Fsp3) is 1.00. The molecule has 0 atom stereocenters. The van der Waals surface area contributed by atoms with E-state index in [1.54, 1.807) is 7.11 Å². The zero-order chi connectivity index (χ0) is 9.73. The molecule has 13 heavy (non-hydrogen) atoms. The molecule has 0 heterocycles. The maximum Gasteiger partial charge on any atom is 0.0697 e. The number of hydrogen-bond donors (Lipinski definition) is 1. The fourth-order valence-corrected chi connectivity index (χ4v) is 2.04. The highest BCUT2D eigenvalue weighted by Crippen LogP contribution is 2.38. The Morgan fingerprint density at radius 3 is 2.54 bits per heavy atom. The first-order chi connectivity index (χ1) is 6.20. The molecule has 0 aliphatic heterocycles. The molecule has 78 valence electrons. The predicted octanol–water partition coefficient (Wildman–Crippen LogP) is 2.50. The molecule has 2 heteroatoms. The standard InChI is InChI=1S/C11H22O2/c1-3-4-5-6-7-11(12)8-10(9-11)13-2/h10,12H,3-9H2,1-2H3. The summed E-state index contributed by atoms with van der Waals surface area (Å²) in [5.74, 6) is 0. The largest absolute Gasteiger partial charge is 0.390 e. The van der Waals surface area contributed by atoms with Gasteiger partial charge in [0, 0.05) is 20.0 Å². The van der Waals surface area contributed by atoms with Crippen LogP contribution in [0.2, 0.25) is 0 Å². The summed E-state index contributed by atoms with van der Waals surface area (Å²) in [4.78, 5) is 0. The summed E-state index contributed by atoms with van der Waals surface area (Å²) < 4.78 is 5.15. The summed E-state index contributed by atoms with van der Waals surface area (Å²) in [6, 6.07) is 0. The second-order valence-electron chi connectivity index (χ2n) is 4.30. The van der Waals surface area contributed by atoms with Gasteiger partial charge in [-0.15, -0.1) is 0 Å². The van der Waals surface area contributed by atoms with Crippen molar-refractivity contribution in [1.82, 2.24) is 0 Å². The Balaban J connectivity index is 2.02. The van der Waals surface area contributed by atoms with Crippen molar-refractivity contribution in [1.29, 1.82) is 0 Å². The Morgan fingerprint density at radius 1 is 1.31 bits per heavy atom. The summed E-state index contributed by atoms with van der Waals surface area (Å²) in [7, 11) is 1.72. The molecule has 2 nitrogen and oxygen atoms in total. The van der Waals surface area contributed by atoms with Gasteiger partial charge in [0.1, 0.15) is 0 Å². The molecule has 1 aliphatic carbocycles. The summed E-state index contributed by atoms with van der Waals surface area (Å²) >= 11 is 0. The Kier molecular flexibility index (Phi) is 4.20. The van der Waals surface area contributed by atoms with Crippen molar-refractivity contribution in [2.75, 3.05) is 7.11 Å². The highest BCUT2D eigenvalue weighted by Gasteiger charge is 2.41. The lowest BCUT2D eigenvalue weighted by Gasteiger charge is -2.42. The topological polar surface area (TPSA) is 29.5 Å². The van der Waals surface area contributed by atoms with Crippen LogP contribution >= 0.6 is 0 Å². The first-order valence-electron chi connectivity index (χ1n) is 5.45. The van der Waals surface area contributed by atoms with Crippen molar-refractivity contribution in [2.45, 2.75) is 63.6 Å². The first kappa shape index (κ1) is 11.0. The van der Waals surface area contributed by atoms with Gasteiger partial charge in [0.15, 0.2) is 0 Å². The lowest BCUT2D eigenvalue weighted by atomic mass is 9.74. The zero-order valence-electron chi connectivity index (χ0n) is 8.88. The van der Waals surface area contributed by atoms with E-state index < -0.39 is 0 Å². The number of unbranched alkanes of at least 4 members (excludes halogenated alkanes) is 3. The molecule has 1 N–H and O–H groups in total. The van der Waals surface area contributed by atoms with Crippen LogP contribution in [-0.4, -0.2) is 23.9 Å². The average Bonchev–Trinajstić information content (AvgIpc) is 2.08. The molecular weight excluding hydrogens is 164 g/mol. The van der Waals surface area contributed by atoms with Crippen LogP contribution in [0.3, 0.4) is 0 Å². The van der Waals surface area contributed by atoms with Crippen LogP contribution in [0.15, 0.2) is 0 Å². The van der Waals surface area contributed by atoms with E-state index in [0.29, 0.717) is 6.10 Å². The Labute approximate surface area is 81.3 Å². The molecule has 0 aromatic heterocycles. The Morgan fingerprint density at radius 2 is 2.00 bits per heavy atom. The van der Waals surface area contributed by atoms with Gasteiger partial charge in [0.2, 0.25) is 0 Å².